The molecule has 0 unspecified atom stereocenters. The highest BCUT2D eigenvalue weighted by molar-refractivity contribution is 5.99. The Hall–Kier alpha value is -2.74. The van der Waals surface area contributed by atoms with Crippen LogP contribution in [0.4, 0.5) is 0 Å². The van der Waals surface area contributed by atoms with E-state index in [1.165, 1.54) is 24.0 Å². The molecule has 0 spiro atoms. The lowest BCUT2D eigenvalue weighted by Gasteiger charge is -2.37. The molecule has 0 radical (unpaired) electrons. The minimum atomic E-state index is -0.707. The third-order valence-electron chi connectivity index (χ3n) is 4.87. The Kier molecular flexibility index (Phi) is 5.03. The second kappa shape index (κ2) is 7.25. The van der Waals surface area contributed by atoms with E-state index < -0.39 is 12.0 Å². The molecule has 8 nitrogen and oxygen atoms in total. The SMILES string of the molecule is COC(=O)[C@H]1Cc2ccccc2CN1C(=O)CN1CC(=O)N(C)C(=O)C1. The van der Waals surface area contributed by atoms with Crippen LogP contribution in [0.5, 0.6) is 0 Å². The number of ether oxygens (including phenoxy) is 1. The van der Waals surface area contributed by atoms with Crippen LogP contribution in [0, 0.1) is 0 Å². The summed E-state index contributed by atoms with van der Waals surface area (Å²) in [5.41, 5.74) is 1.99. The van der Waals surface area contributed by atoms with Gasteiger partial charge in [-0.2, -0.15) is 0 Å². The van der Waals surface area contributed by atoms with Crippen molar-refractivity contribution in [3.8, 4) is 0 Å². The summed E-state index contributed by atoms with van der Waals surface area (Å²) in [6.07, 6.45) is 0.384. The van der Waals surface area contributed by atoms with Crippen LogP contribution in [0.15, 0.2) is 24.3 Å². The Morgan fingerprint density at radius 3 is 2.31 bits per heavy atom. The van der Waals surface area contributed by atoms with Gasteiger partial charge in [0.2, 0.25) is 17.7 Å². The molecule has 2 aliphatic rings. The first-order valence-electron chi connectivity index (χ1n) is 8.36. The zero-order valence-electron chi connectivity index (χ0n) is 14.8. The lowest BCUT2D eigenvalue weighted by molar-refractivity contribution is -0.156. The van der Waals surface area contributed by atoms with Gasteiger partial charge in [-0.3, -0.25) is 24.2 Å². The number of carbonyl (C=O) groups is 4. The van der Waals surface area contributed by atoms with E-state index in [4.69, 9.17) is 4.74 Å². The number of hydrogen-bond donors (Lipinski definition) is 0. The maximum atomic E-state index is 12.8. The molecule has 1 aromatic carbocycles. The fourth-order valence-corrected chi connectivity index (χ4v) is 3.32. The summed E-state index contributed by atoms with van der Waals surface area (Å²) in [7, 11) is 2.72. The van der Waals surface area contributed by atoms with Crippen molar-refractivity contribution in [2.45, 2.75) is 19.0 Å². The molecule has 2 heterocycles. The van der Waals surface area contributed by atoms with Gasteiger partial charge in [-0.25, -0.2) is 4.79 Å². The molecule has 26 heavy (non-hydrogen) atoms. The first-order valence-corrected chi connectivity index (χ1v) is 8.36. The van der Waals surface area contributed by atoms with Gasteiger partial charge in [-0.15, -0.1) is 0 Å². The van der Waals surface area contributed by atoms with E-state index in [1.54, 1.807) is 0 Å². The summed E-state index contributed by atoms with van der Waals surface area (Å²) < 4.78 is 4.86. The number of hydrogen-bond acceptors (Lipinski definition) is 6. The van der Waals surface area contributed by atoms with Crippen LogP contribution < -0.4 is 0 Å². The van der Waals surface area contributed by atoms with E-state index >= 15 is 0 Å². The zero-order valence-corrected chi connectivity index (χ0v) is 14.8. The van der Waals surface area contributed by atoms with Gasteiger partial charge < -0.3 is 9.64 Å². The van der Waals surface area contributed by atoms with Gasteiger partial charge in [-0.05, 0) is 11.1 Å². The van der Waals surface area contributed by atoms with E-state index in [2.05, 4.69) is 0 Å². The lowest BCUT2D eigenvalue weighted by Crippen LogP contribution is -2.56. The van der Waals surface area contributed by atoms with Gasteiger partial charge >= 0.3 is 5.97 Å². The van der Waals surface area contributed by atoms with Crippen molar-refractivity contribution in [1.29, 1.82) is 0 Å². The monoisotopic (exact) mass is 359 g/mol. The quantitative estimate of drug-likeness (QED) is 0.530. The fourth-order valence-electron chi connectivity index (χ4n) is 3.32. The number of benzene rings is 1. The molecule has 0 N–H and O–H groups in total. The van der Waals surface area contributed by atoms with E-state index in [1.807, 2.05) is 24.3 Å². The Balaban J connectivity index is 1.77. The number of esters is 1. The van der Waals surface area contributed by atoms with Crippen molar-refractivity contribution in [2.24, 2.45) is 0 Å². The van der Waals surface area contributed by atoms with Crippen LogP contribution in [0.1, 0.15) is 11.1 Å². The van der Waals surface area contributed by atoms with E-state index in [-0.39, 0.29) is 37.4 Å². The number of likely N-dealkylation sites (N-methyl/N-ethyl adjacent to an activating group) is 1. The third kappa shape index (κ3) is 3.45. The molecule has 1 atom stereocenters. The minimum Gasteiger partial charge on any atom is -0.467 e. The smallest absolute Gasteiger partial charge is 0.328 e. The van der Waals surface area contributed by atoms with Crippen LogP contribution in [-0.4, -0.2) is 78.2 Å². The van der Waals surface area contributed by atoms with Crippen molar-refractivity contribution >= 4 is 23.7 Å². The Morgan fingerprint density at radius 1 is 1.08 bits per heavy atom. The third-order valence-corrected chi connectivity index (χ3v) is 4.87. The first kappa shape index (κ1) is 18.1. The van der Waals surface area contributed by atoms with Gasteiger partial charge in [0.1, 0.15) is 6.04 Å². The first-order chi connectivity index (χ1) is 12.4. The summed E-state index contributed by atoms with van der Waals surface area (Å²) in [5, 5.41) is 0. The van der Waals surface area contributed by atoms with Crippen LogP contribution in [0.25, 0.3) is 0 Å². The average Bonchev–Trinajstić information content (AvgIpc) is 2.64. The van der Waals surface area contributed by atoms with E-state index in [0.29, 0.717) is 13.0 Å². The minimum absolute atomic E-state index is 0.00129. The molecular formula is C18H21N3O5. The molecular weight excluding hydrogens is 338 g/mol. The van der Waals surface area contributed by atoms with Crippen molar-refractivity contribution < 1.29 is 23.9 Å². The largest absolute Gasteiger partial charge is 0.467 e. The summed E-state index contributed by atoms with van der Waals surface area (Å²) in [6, 6.07) is 6.93. The molecule has 0 saturated carbocycles. The highest BCUT2D eigenvalue weighted by atomic mass is 16.5. The average molecular weight is 359 g/mol. The van der Waals surface area contributed by atoms with Crippen molar-refractivity contribution in [3.05, 3.63) is 35.4 Å². The molecule has 2 aliphatic heterocycles. The molecule has 3 amide bonds. The van der Waals surface area contributed by atoms with Gasteiger partial charge in [0.15, 0.2) is 0 Å². The Bertz CT molecular complexity index is 745. The summed E-state index contributed by atoms with van der Waals surface area (Å²) >= 11 is 0. The predicted molar refractivity (Wildman–Crippen MR) is 90.7 cm³/mol. The molecule has 8 heteroatoms. The van der Waals surface area contributed by atoms with Crippen LogP contribution >= 0.6 is 0 Å². The summed E-state index contributed by atoms with van der Waals surface area (Å²) in [5.74, 6) is -1.47. The number of fused-ring (bicyclic) bond motifs is 1. The van der Waals surface area contributed by atoms with E-state index in [0.717, 1.165) is 16.0 Å². The maximum Gasteiger partial charge on any atom is 0.328 e. The zero-order chi connectivity index (χ0) is 18.8. The van der Waals surface area contributed by atoms with Gasteiger partial charge in [-0.1, -0.05) is 24.3 Å². The molecule has 138 valence electrons. The Morgan fingerprint density at radius 2 is 1.69 bits per heavy atom. The predicted octanol–water partition coefficient (Wildman–Crippen LogP) is -0.586. The van der Waals surface area contributed by atoms with Crippen LogP contribution in [0.2, 0.25) is 0 Å². The topological polar surface area (TPSA) is 87.2 Å². The maximum absolute atomic E-state index is 12.8. The number of piperazine rings is 1. The highest BCUT2D eigenvalue weighted by Gasteiger charge is 2.37. The Labute approximate surface area is 151 Å². The molecule has 1 saturated heterocycles. The van der Waals surface area contributed by atoms with Gasteiger partial charge in [0, 0.05) is 20.0 Å². The fraction of sp³-hybridized carbons (Fsp3) is 0.444. The molecule has 1 aromatic rings. The number of imide groups is 1. The van der Waals surface area contributed by atoms with Gasteiger partial charge in [0.05, 0.1) is 26.7 Å². The number of carbonyl (C=O) groups excluding carboxylic acids is 4. The van der Waals surface area contributed by atoms with Crippen LogP contribution in [-0.2, 0) is 36.9 Å². The number of rotatable bonds is 3. The molecule has 1 fully saturated rings. The summed E-state index contributed by atoms with van der Waals surface area (Å²) in [4.78, 5) is 52.7. The number of methoxy groups -OCH3 is 1. The van der Waals surface area contributed by atoms with E-state index in [9.17, 15) is 19.2 Å². The highest BCUT2D eigenvalue weighted by Crippen LogP contribution is 2.24. The summed E-state index contributed by atoms with van der Waals surface area (Å²) in [6.45, 7) is 0.202. The van der Waals surface area contributed by atoms with Crippen LogP contribution in [0.3, 0.4) is 0 Å². The molecule has 0 aliphatic carbocycles. The normalized spacial score (nSPS) is 20.8. The lowest BCUT2D eigenvalue weighted by atomic mass is 9.94. The second-order valence-electron chi connectivity index (χ2n) is 6.53. The van der Waals surface area contributed by atoms with Gasteiger partial charge in [0.25, 0.3) is 0 Å². The molecule has 0 aromatic heterocycles. The second-order valence-corrected chi connectivity index (χ2v) is 6.53. The number of amides is 3. The van der Waals surface area contributed by atoms with Crippen molar-refractivity contribution in [2.75, 3.05) is 33.8 Å². The molecule has 3 rings (SSSR count). The van der Waals surface area contributed by atoms with Crippen molar-refractivity contribution in [3.63, 3.8) is 0 Å². The molecule has 0 bridgehead atoms. The van der Waals surface area contributed by atoms with Crippen molar-refractivity contribution in [1.82, 2.24) is 14.7 Å². The standard InChI is InChI=1S/C18H21N3O5/c1-19-15(22)9-20(10-16(19)23)11-17(24)21-8-13-6-4-3-5-12(13)7-14(21)18(25)26-2/h3-6,14H,7-11H2,1-2H3/t14-/m1/s1. The number of nitrogens with zero attached hydrogens (tertiary/aromatic N) is 3.